The summed E-state index contributed by atoms with van der Waals surface area (Å²) < 4.78 is 0. The van der Waals surface area contributed by atoms with Crippen LogP contribution in [-0.2, 0) is 4.79 Å². The highest BCUT2D eigenvalue weighted by Crippen LogP contribution is 2.23. The number of benzene rings is 2. The molecule has 21 heavy (non-hydrogen) atoms. The number of aliphatic carboxylic acids is 1. The number of amides is 1. The fraction of sp³-hybridized carbons (Fsp3) is 0.294. The van der Waals surface area contributed by atoms with Crippen molar-refractivity contribution >= 4 is 22.6 Å². The molecule has 0 spiro atoms. The van der Waals surface area contributed by atoms with E-state index >= 15 is 0 Å². The topological polar surface area (TPSA) is 60.4 Å². The van der Waals surface area contributed by atoms with Crippen LogP contribution in [0.4, 0.5) is 0 Å². The van der Waals surface area contributed by atoms with Crippen LogP contribution in [0.15, 0.2) is 42.5 Å². The average Bonchev–Trinajstić information content (AvgIpc) is 2.53. The molecule has 1 heterocycles. The lowest BCUT2D eigenvalue weighted by molar-refractivity contribution is -0.312. The Morgan fingerprint density at radius 3 is 2.67 bits per heavy atom. The maximum Gasteiger partial charge on any atom is 0.254 e. The van der Waals surface area contributed by atoms with Gasteiger partial charge in [0.05, 0.1) is 0 Å². The Labute approximate surface area is 123 Å². The number of hydrogen-bond donors (Lipinski definition) is 0. The first kappa shape index (κ1) is 13.6. The number of carbonyl (C=O) groups excluding carboxylic acids is 2. The van der Waals surface area contributed by atoms with Crippen LogP contribution in [0.2, 0.25) is 0 Å². The van der Waals surface area contributed by atoms with Crippen molar-refractivity contribution in [2.24, 2.45) is 5.92 Å². The van der Waals surface area contributed by atoms with Crippen molar-refractivity contribution in [3.63, 3.8) is 0 Å². The molecule has 1 aliphatic rings. The van der Waals surface area contributed by atoms with Crippen LogP contribution in [0, 0.1) is 5.92 Å². The highest BCUT2D eigenvalue weighted by molar-refractivity contribution is 6.07. The largest absolute Gasteiger partial charge is 0.550 e. The van der Waals surface area contributed by atoms with Crippen LogP contribution < -0.4 is 5.11 Å². The van der Waals surface area contributed by atoms with Gasteiger partial charge in [0.1, 0.15) is 0 Å². The zero-order valence-electron chi connectivity index (χ0n) is 11.6. The predicted octanol–water partition coefficient (Wildman–Crippen LogP) is 1.44. The van der Waals surface area contributed by atoms with E-state index in [0.29, 0.717) is 24.9 Å². The van der Waals surface area contributed by atoms with E-state index in [1.165, 1.54) is 0 Å². The first-order valence-corrected chi connectivity index (χ1v) is 7.14. The number of rotatable bonds is 2. The van der Waals surface area contributed by atoms with Crippen LogP contribution >= 0.6 is 0 Å². The van der Waals surface area contributed by atoms with Gasteiger partial charge in [-0.15, -0.1) is 0 Å². The Hall–Kier alpha value is -2.36. The van der Waals surface area contributed by atoms with E-state index in [2.05, 4.69) is 0 Å². The molecule has 1 fully saturated rings. The average molecular weight is 282 g/mol. The van der Waals surface area contributed by atoms with Crippen LogP contribution in [0.3, 0.4) is 0 Å². The smallest absolute Gasteiger partial charge is 0.254 e. The fourth-order valence-corrected chi connectivity index (χ4v) is 2.94. The molecule has 108 valence electrons. The van der Waals surface area contributed by atoms with Crippen molar-refractivity contribution in [2.45, 2.75) is 12.8 Å². The Morgan fingerprint density at radius 2 is 1.86 bits per heavy atom. The maximum absolute atomic E-state index is 12.7. The summed E-state index contributed by atoms with van der Waals surface area (Å²) >= 11 is 0. The number of piperidine rings is 1. The van der Waals surface area contributed by atoms with E-state index in [9.17, 15) is 14.7 Å². The molecule has 3 rings (SSSR count). The fourth-order valence-electron chi connectivity index (χ4n) is 2.94. The van der Waals surface area contributed by atoms with Gasteiger partial charge in [-0.1, -0.05) is 36.4 Å². The standard InChI is InChI=1S/C17H17NO3/c19-16(18-10-4-7-13(11-18)17(20)21)15-9-3-6-12-5-1-2-8-14(12)15/h1-3,5-6,8-9,13H,4,7,10-11H2,(H,20,21)/p-1/t13-/m1/s1. The molecule has 1 saturated heterocycles. The molecular weight excluding hydrogens is 266 g/mol. The molecule has 0 saturated carbocycles. The number of carboxylic acid groups (broad SMARTS) is 1. The Kier molecular flexibility index (Phi) is 3.60. The van der Waals surface area contributed by atoms with Gasteiger partial charge >= 0.3 is 0 Å². The Balaban J connectivity index is 1.92. The van der Waals surface area contributed by atoms with Gasteiger partial charge in [0, 0.05) is 30.5 Å². The normalized spacial score (nSPS) is 18.7. The van der Waals surface area contributed by atoms with E-state index in [0.717, 1.165) is 10.8 Å². The van der Waals surface area contributed by atoms with E-state index < -0.39 is 11.9 Å². The molecule has 0 aliphatic carbocycles. The number of nitrogens with zero attached hydrogens (tertiary/aromatic N) is 1. The summed E-state index contributed by atoms with van der Waals surface area (Å²) in [5.41, 5.74) is 0.632. The van der Waals surface area contributed by atoms with Gasteiger partial charge in [-0.25, -0.2) is 0 Å². The first-order chi connectivity index (χ1) is 10.2. The Bertz CT molecular complexity index is 690. The van der Waals surface area contributed by atoms with Crippen LogP contribution in [0.25, 0.3) is 10.8 Å². The van der Waals surface area contributed by atoms with Gasteiger partial charge in [-0.05, 0) is 29.7 Å². The number of likely N-dealkylation sites (tertiary alicyclic amines) is 1. The Morgan fingerprint density at radius 1 is 1.10 bits per heavy atom. The van der Waals surface area contributed by atoms with Gasteiger partial charge in [0.15, 0.2) is 0 Å². The molecule has 4 nitrogen and oxygen atoms in total. The number of carbonyl (C=O) groups is 2. The van der Waals surface area contributed by atoms with E-state index in [-0.39, 0.29) is 12.5 Å². The summed E-state index contributed by atoms with van der Waals surface area (Å²) in [6, 6.07) is 13.3. The summed E-state index contributed by atoms with van der Waals surface area (Å²) in [4.78, 5) is 25.3. The second-order valence-corrected chi connectivity index (χ2v) is 5.44. The summed E-state index contributed by atoms with van der Waals surface area (Å²) in [5.74, 6) is -1.72. The van der Waals surface area contributed by atoms with E-state index in [4.69, 9.17) is 0 Å². The second-order valence-electron chi connectivity index (χ2n) is 5.44. The highest BCUT2D eigenvalue weighted by atomic mass is 16.4. The minimum Gasteiger partial charge on any atom is -0.550 e. The third kappa shape index (κ3) is 2.61. The van der Waals surface area contributed by atoms with Crippen molar-refractivity contribution in [1.29, 1.82) is 0 Å². The van der Waals surface area contributed by atoms with Gasteiger partial charge < -0.3 is 14.8 Å². The molecule has 0 aromatic heterocycles. The third-order valence-electron chi connectivity index (χ3n) is 4.06. The molecule has 0 unspecified atom stereocenters. The van der Waals surface area contributed by atoms with Crippen molar-refractivity contribution in [3.05, 3.63) is 48.0 Å². The number of hydrogen-bond acceptors (Lipinski definition) is 3. The lowest BCUT2D eigenvalue weighted by Gasteiger charge is -2.33. The summed E-state index contributed by atoms with van der Waals surface area (Å²) in [5, 5.41) is 12.9. The lowest BCUT2D eigenvalue weighted by atomic mass is 9.96. The molecule has 0 N–H and O–H groups in total. The monoisotopic (exact) mass is 282 g/mol. The van der Waals surface area contributed by atoms with E-state index in [1.54, 1.807) is 11.0 Å². The molecular formula is C17H16NO3-. The zero-order valence-corrected chi connectivity index (χ0v) is 11.6. The zero-order chi connectivity index (χ0) is 14.8. The SMILES string of the molecule is O=C([O-])[C@@H]1CCCN(C(=O)c2cccc3ccccc23)C1. The molecule has 2 aromatic rings. The minimum absolute atomic E-state index is 0.0993. The predicted molar refractivity (Wildman–Crippen MR) is 77.6 cm³/mol. The van der Waals surface area contributed by atoms with Gasteiger partial charge in [0.2, 0.25) is 0 Å². The molecule has 4 heteroatoms. The second kappa shape index (κ2) is 5.56. The minimum atomic E-state index is -1.06. The van der Waals surface area contributed by atoms with Crippen molar-refractivity contribution in [1.82, 2.24) is 4.90 Å². The number of carboxylic acids is 1. The number of fused-ring (bicyclic) bond motifs is 1. The molecule has 0 bridgehead atoms. The quantitative estimate of drug-likeness (QED) is 0.837. The molecule has 2 aromatic carbocycles. The molecule has 1 aliphatic heterocycles. The van der Waals surface area contributed by atoms with E-state index in [1.807, 2.05) is 36.4 Å². The molecule has 1 amide bonds. The van der Waals surface area contributed by atoms with Crippen molar-refractivity contribution < 1.29 is 14.7 Å². The summed E-state index contributed by atoms with van der Waals surface area (Å²) in [7, 11) is 0. The van der Waals surface area contributed by atoms with Gasteiger partial charge in [-0.2, -0.15) is 0 Å². The van der Waals surface area contributed by atoms with Crippen molar-refractivity contribution in [3.8, 4) is 0 Å². The first-order valence-electron chi connectivity index (χ1n) is 7.14. The van der Waals surface area contributed by atoms with Gasteiger partial charge in [0.25, 0.3) is 5.91 Å². The lowest BCUT2D eigenvalue weighted by Crippen LogP contribution is -2.46. The third-order valence-corrected chi connectivity index (χ3v) is 4.06. The summed E-state index contributed by atoms with van der Waals surface area (Å²) in [6.07, 6.45) is 1.29. The maximum atomic E-state index is 12.7. The van der Waals surface area contributed by atoms with Crippen LogP contribution in [-0.4, -0.2) is 29.9 Å². The molecule has 0 radical (unpaired) electrons. The highest BCUT2D eigenvalue weighted by Gasteiger charge is 2.25. The summed E-state index contributed by atoms with van der Waals surface area (Å²) in [6.45, 7) is 0.843. The van der Waals surface area contributed by atoms with Crippen molar-refractivity contribution in [2.75, 3.05) is 13.1 Å². The van der Waals surface area contributed by atoms with Gasteiger partial charge in [-0.3, -0.25) is 4.79 Å². The van der Waals surface area contributed by atoms with Crippen LogP contribution in [0.5, 0.6) is 0 Å². The molecule has 1 atom stereocenters. The van der Waals surface area contributed by atoms with Crippen LogP contribution in [0.1, 0.15) is 23.2 Å².